The Labute approximate surface area is 118 Å². The van der Waals surface area contributed by atoms with Gasteiger partial charge in [0.1, 0.15) is 10.6 Å². The smallest absolute Gasteiger partial charge is 0.310 e. The summed E-state index contributed by atoms with van der Waals surface area (Å²) in [6.07, 6.45) is 0.473. The fraction of sp³-hybridized carbons (Fsp3) is 0.462. The summed E-state index contributed by atoms with van der Waals surface area (Å²) >= 11 is 0. The molecular weight excluding hydrogens is 282 g/mol. The molecule has 7 heteroatoms. The number of hydrogen-bond donors (Lipinski definition) is 0. The lowest BCUT2D eigenvalue weighted by Crippen LogP contribution is -2.30. The first kappa shape index (κ1) is 14.8. The maximum Gasteiger partial charge on any atom is 0.310 e. The Hall–Kier alpha value is -1.60. The van der Waals surface area contributed by atoms with E-state index in [4.69, 9.17) is 4.74 Å². The largest absolute Gasteiger partial charge is 0.495 e. The number of esters is 1. The van der Waals surface area contributed by atoms with Crippen LogP contribution >= 0.6 is 0 Å². The molecule has 0 bridgehead atoms. The number of ether oxygens (including phenoxy) is 2. The third-order valence-electron chi connectivity index (χ3n) is 3.37. The molecule has 0 aliphatic carbocycles. The molecule has 1 aliphatic heterocycles. The van der Waals surface area contributed by atoms with Gasteiger partial charge in [-0.2, -0.15) is 4.31 Å². The van der Waals surface area contributed by atoms with Gasteiger partial charge in [0.25, 0.3) is 0 Å². The summed E-state index contributed by atoms with van der Waals surface area (Å²) in [5.74, 6) is -0.471. The number of nitrogens with zero attached hydrogens (tertiary/aromatic N) is 1. The van der Waals surface area contributed by atoms with Crippen molar-refractivity contribution in [3.05, 3.63) is 24.3 Å². The first-order valence-corrected chi connectivity index (χ1v) is 7.65. The van der Waals surface area contributed by atoms with Crippen LogP contribution in [0.2, 0.25) is 0 Å². The number of carbonyl (C=O) groups excluding carboxylic acids is 1. The summed E-state index contributed by atoms with van der Waals surface area (Å²) in [5, 5.41) is 0. The van der Waals surface area contributed by atoms with E-state index in [0.717, 1.165) is 0 Å². The first-order chi connectivity index (χ1) is 9.50. The Morgan fingerprint density at radius 3 is 2.65 bits per heavy atom. The zero-order valence-electron chi connectivity index (χ0n) is 11.4. The molecule has 0 saturated carbocycles. The van der Waals surface area contributed by atoms with E-state index in [-0.39, 0.29) is 17.4 Å². The highest BCUT2D eigenvalue weighted by Crippen LogP contribution is 2.30. The zero-order valence-corrected chi connectivity index (χ0v) is 12.2. The average molecular weight is 299 g/mol. The predicted octanol–water partition coefficient (Wildman–Crippen LogP) is 0.879. The molecule has 1 unspecified atom stereocenters. The van der Waals surface area contributed by atoms with Crippen LogP contribution in [0.5, 0.6) is 5.75 Å². The summed E-state index contributed by atoms with van der Waals surface area (Å²) in [6.45, 7) is 0.452. The van der Waals surface area contributed by atoms with E-state index in [1.54, 1.807) is 18.2 Å². The molecule has 0 spiro atoms. The lowest BCUT2D eigenvalue weighted by molar-refractivity contribution is -0.144. The van der Waals surface area contributed by atoms with Crippen molar-refractivity contribution in [1.29, 1.82) is 0 Å². The summed E-state index contributed by atoms with van der Waals surface area (Å²) in [5.41, 5.74) is 0. The summed E-state index contributed by atoms with van der Waals surface area (Å²) < 4.78 is 36.2. The molecule has 6 nitrogen and oxygen atoms in total. The molecule has 0 radical (unpaired) electrons. The molecule has 0 N–H and O–H groups in total. The van der Waals surface area contributed by atoms with Crippen LogP contribution in [0.25, 0.3) is 0 Å². The molecule has 110 valence electrons. The topological polar surface area (TPSA) is 72.9 Å². The lowest BCUT2D eigenvalue weighted by Gasteiger charge is -2.17. The second-order valence-electron chi connectivity index (χ2n) is 4.52. The quantitative estimate of drug-likeness (QED) is 0.772. The van der Waals surface area contributed by atoms with Crippen LogP contribution in [0.1, 0.15) is 6.42 Å². The Morgan fingerprint density at radius 1 is 1.30 bits per heavy atom. The van der Waals surface area contributed by atoms with Gasteiger partial charge in [-0.1, -0.05) is 12.1 Å². The van der Waals surface area contributed by atoms with Gasteiger partial charge in [-0.3, -0.25) is 4.79 Å². The van der Waals surface area contributed by atoms with Crippen molar-refractivity contribution in [3.8, 4) is 5.75 Å². The van der Waals surface area contributed by atoms with E-state index in [1.165, 1.54) is 24.6 Å². The van der Waals surface area contributed by atoms with Gasteiger partial charge in [0, 0.05) is 13.1 Å². The Morgan fingerprint density at radius 2 is 2.00 bits per heavy atom. The minimum Gasteiger partial charge on any atom is -0.495 e. The van der Waals surface area contributed by atoms with E-state index in [2.05, 4.69) is 4.74 Å². The number of para-hydroxylation sites is 1. The zero-order chi connectivity index (χ0) is 14.8. The number of sulfonamides is 1. The number of hydrogen-bond acceptors (Lipinski definition) is 5. The van der Waals surface area contributed by atoms with Crippen molar-refractivity contribution in [2.24, 2.45) is 5.92 Å². The van der Waals surface area contributed by atoms with E-state index in [0.29, 0.717) is 18.7 Å². The van der Waals surface area contributed by atoms with Gasteiger partial charge in [-0.15, -0.1) is 0 Å². The summed E-state index contributed by atoms with van der Waals surface area (Å²) in [6, 6.07) is 6.45. The van der Waals surface area contributed by atoms with Crippen molar-refractivity contribution >= 4 is 16.0 Å². The van der Waals surface area contributed by atoms with E-state index < -0.39 is 15.9 Å². The van der Waals surface area contributed by atoms with Gasteiger partial charge < -0.3 is 9.47 Å². The second kappa shape index (κ2) is 5.80. The molecule has 1 atom stereocenters. The molecule has 20 heavy (non-hydrogen) atoms. The molecule has 1 aliphatic rings. The van der Waals surface area contributed by atoms with Crippen LogP contribution in [-0.4, -0.2) is 46.0 Å². The molecule has 0 aromatic heterocycles. The highest BCUT2D eigenvalue weighted by molar-refractivity contribution is 7.89. The van der Waals surface area contributed by atoms with Crippen LogP contribution in [0.3, 0.4) is 0 Å². The lowest BCUT2D eigenvalue weighted by atomic mass is 10.1. The maximum absolute atomic E-state index is 12.6. The molecule has 1 fully saturated rings. The summed E-state index contributed by atoms with van der Waals surface area (Å²) in [7, 11) is -0.924. The minimum absolute atomic E-state index is 0.119. The fourth-order valence-corrected chi connectivity index (χ4v) is 3.93. The number of rotatable bonds is 4. The second-order valence-corrected chi connectivity index (χ2v) is 6.43. The Balaban J connectivity index is 2.26. The molecular formula is C13H17NO5S. The maximum atomic E-state index is 12.6. The first-order valence-electron chi connectivity index (χ1n) is 6.21. The van der Waals surface area contributed by atoms with Crippen LogP contribution in [0, 0.1) is 5.92 Å². The van der Waals surface area contributed by atoms with Gasteiger partial charge in [0.05, 0.1) is 20.1 Å². The number of methoxy groups -OCH3 is 2. The van der Waals surface area contributed by atoms with Gasteiger partial charge in [0.15, 0.2) is 0 Å². The standard InChI is InChI=1S/C13H17NO5S/c1-18-11-5-3-4-6-12(11)20(16,17)14-8-7-10(9-14)13(15)19-2/h3-6,10H,7-9H2,1-2H3. The molecule has 1 aromatic rings. The Kier molecular flexibility index (Phi) is 4.29. The van der Waals surface area contributed by atoms with Crippen molar-refractivity contribution in [2.75, 3.05) is 27.3 Å². The highest BCUT2D eigenvalue weighted by atomic mass is 32.2. The SMILES string of the molecule is COC(=O)C1CCN(S(=O)(=O)c2ccccc2OC)C1. The molecule has 0 amide bonds. The predicted molar refractivity (Wildman–Crippen MR) is 71.9 cm³/mol. The number of carbonyl (C=O) groups is 1. The Bertz CT molecular complexity index is 599. The fourth-order valence-electron chi connectivity index (χ4n) is 2.28. The molecule has 1 heterocycles. The van der Waals surface area contributed by atoms with Crippen LogP contribution < -0.4 is 4.74 Å². The summed E-state index contributed by atoms with van der Waals surface area (Å²) in [4.78, 5) is 11.6. The van der Waals surface area contributed by atoms with Crippen molar-refractivity contribution < 1.29 is 22.7 Å². The van der Waals surface area contributed by atoms with Crippen molar-refractivity contribution in [3.63, 3.8) is 0 Å². The van der Waals surface area contributed by atoms with E-state index >= 15 is 0 Å². The monoisotopic (exact) mass is 299 g/mol. The van der Waals surface area contributed by atoms with Gasteiger partial charge in [-0.05, 0) is 18.6 Å². The molecule has 2 rings (SSSR count). The van der Waals surface area contributed by atoms with Gasteiger partial charge >= 0.3 is 5.97 Å². The molecule has 1 saturated heterocycles. The molecule has 1 aromatic carbocycles. The van der Waals surface area contributed by atoms with E-state index in [9.17, 15) is 13.2 Å². The van der Waals surface area contributed by atoms with Gasteiger partial charge in [-0.25, -0.2) is 8.42 Å². The third-order valence-corrected chi connectivity index (χ3v) is 5.28. The van der Waals surface area contributed by atoms with Crippen molar-refractivity contribution in [2.45, 2.75) is 11.3 Å². The van der Waals surface area contributed by atoms with Gasteiger partial charge in [0.2, 0.25) is 10.0 Å². The van der Waals surface area contributed by atoms with Crippen LogP contribution in [0.15, 0.2) is 29.2 Å². The third kappa shape index (κ3) is 2.64. The van der Waals surface area contributed by atoms with Crippen LogP contribution in [-0.2, 0) is 19.6 Å². The number of benzene rings is 1. The van der Waals surface area contributed by atoms with Crippen molar-refractivity contribution in [1.82, 2.24) is 4.31 Å². The minimum atomic E-state index is -3.66. The highest BCUT2D eigenvalue weighted by Gasteiger charge is 2.37. The normalized spacial score (nSPS) is 19.8. The van der Waals surface area contributed by atoms with E-state index in [1.807, 2.05) is 0 Å². The average Bonchev–Trinajstić information content (AvgIpc) is 2.97. The van der Waals surface area contributed by atoms with Crippen LogP contribution in [0.4, 0.5) is 0 Å².